The molecular formula is C39H46N6O18P2. The van der Waals surface area contributed by atoms with Crippen LogP contribution in [0.3, 0.4) is 0 Å². The second-order valence-corrected chi connectivity index (χ2v) is 18.1. The van der Waals surface area contributed by atoms with E-state index in [1.807, 2.05) is 6.07 Å². The minimum Gasteiger partial charge on any atom is -0.464 e. The van der Waals surface area contributed by atoms with E-state index in [2.05, 4.69) is 31.4 Å². The highest BCUT2D eigenvalue weighted by atomic mass is 31.2. The Bertz CT molecular complexity index is 2720. The molecule has 26 heteroatoms. The molecule has 2 aromatic carbocycles. The van der Waals surface area contributed by atoms with Crippen LogP contribution in [0.25, 0.3) is 21.8 Å². The Morgan fingerprint density at radius 2 is 1.14 bits per heavy atom. The summed E-state index contributed by atoms with van der Waals surface area (Å²) in [5, 5.41) is 51.6. The zero-order valence-electron chi connectivity index (χ0n) is 34.5. The van der Waals surface area contributed by atoms with Gasteiger partial charge in [-0.05, 0) is 56.9 Å². The van der Waals surface area contributed by atoms with Crippen molar-refractivity contribution >= 4 is 48.9 Å². The molecule has 10 atom stereocenters. The first-order valence-electron chi connectivity index (χ1n) is 19.7. The number of benzene rings is 2. The molecule has 10 N–H and O–H groups in total. The van der Waals surface area contributed by atoms with Gasteiger partial charge >= 0.3 is 27.1 Å². The van der Waals surface area contributed by atoms with Gasteiger partial charge in [0, 0.05) is 23.4 Å². The Morgan fingerprint density at radius 3 is 1.51 bits per heavy atom. The van der Waals surface area contributed by atoms with Crippen LogP contribution in [0.5, 0.6) is 0 Å². The van der Waals surface area contributed by atoms with E-state index >= 15 is 0 Å². The lowest BCUT2D eigenvalue weighted by Crippen LogP contribution is -2.35. The highest BCUT2D eigenvalue weighted by Crippen LogP contribution is 2.45. The third-order valence-corrected chi connectivity index (χ3v) is 12.7. The second-order valence-electron chi connectivity index (χ2n) is 14.8. The predicted molar refractivity (Wildman–Crippen MR) is 223 cm³/mol. The van der Waals surface area contributed by atoms with Crippen LogP contribution < -0.4 is 16.9 Å². The lowest BCUT2D eigenvalue weighted by molar-refractivity contribution is -0.154. The fourth-order valence-corrected chi connectivity index (χ4v) is 8.91. The van der Waals surface area contributed by atoms with Crippen LogP contribution in [-0.2, 0) is 37.7 Å². The highest BCUT2D eigenvalue weighted by Gasteiger charge is 2.47. The molecule has 2 saturated carbocycles. The Kier molecular flexibility index (Phi) is 16.5. The molecule has 2 aromatic heterocycles. The summed E-state index contributed by atoms with van der Waals surface area (Å²) < 4.78 is 44.9. The fourth-order valence-electron chi connectivity index (χ4n) is 7.65. The van der Waals surface area contributed by atoms with Gasteiger partial charge in [0.1, 0.15) is 18.3 Å². The van der Waals surface area contributed by atoms with E-state index in [1.165, 1.54) is 37.1 Å². The first-order valence-corrected chi connectivity index (χ1v) is 23.1. The number of hydrogen-bond acceptors (Lipinski definition) is 18. The lowest BCUT2D eigenvalue weighted by Gasteiger charge is -2.21. The summed E-state index contributed by atoms with van der Waals surface area (Å²) in [6.07, 6.45) is -3.19. The van der Waals surface area contributed by atoms with Gasteiger partial charge in [0.2, 0.25) is 0 Å². The van der Waals surface area contributed by atoms with Crippen molar-refractivity contribution < 1.29 is 77.7 Å². The second kappa shape index (κ2) is 21.3. The molecule has 2 fully saturated rings. The molecule has 65 heavy (non-hydrogen) atoms. The maximum Gasteiger partial charge on any atom is 0.365 e. The molecule has 2 aliphatic carbocycles. The number of carbonyl (C=O) groups excluding carboxylic acids is 2. The SMILES string of the molecule is CCOC(=O)[C@@H](OC[C@H]1C[C@@H](n2cnc3cccc(C#N)c3c2=O)[C@H](O)[C@@H]1O)P(=O)(O)O.CCOC(=O)[C@H](OC[C@H]1C[C@@H](n2cnc3cccc(C#CN)c3c2=O)[C@H](O)[C@@H]1O)P(=O)(O)O. The number of nitriles is 1. The fraction of sp³-hybridized carbons (Fsp3) is 0.462. The Hall–Kier alpha value is -5.43. The Morgan fingerprint density at radius 1 is 0.738 bits per heavy atom. The molecule has 0 aliphatic heterocycles. The predicted octanol–water partition coefficient (Wildman–Crippen LogP) is -1.34. The number of ether oxygens (including phenoxy) is 4. The van der Waals surface area contributed by atoms with Crippen molar-refractivity contribution in [3.63, 3.8) is 0 Å². The number of fused-ring (bicyclic) bond motifs is 2. The standard InChI is InChI=1S/C20H24N3O9P.C19H22N3O9P/c1-2-31-19(27)20(33(28,29)30)32-9-12-8-14(17(25)16(12)24)23-10-22-13-5-3-4-11(6-7-21)15(13)18(23)26;1-2-30-18(26)19(32(27,28)29)31-8-11-6-13(16(24)15(11)23)22-9-21-12-5-3-4-10(7-20)14(12)17(22)25/h3-5,10,12,14,16-17,20,24-25H,2,8-9,21H2,1H3,(H2,28,29,30);3-5,9,11,13,15-16,19,23-24H,2,6,8H2,1H3,(H2,27,28,29)/t12-,14-,16-,17+,20-;11-,13-,15-,16+,19+/m11/s1. The maximum absolute atomic E-state index is 13.2. The number of aromatic nitrogens is 4. The highest BCUT2D eigenvalue weighted by molar-refractivity contribution is 7.53. The van der Waals surface area contributed by atoms with Crippen LogP contribution in [0.2, 0.25) is 0 Å². The molecule has 0 bridgehead atoms. The van der Waals surface area contributed by atoms with Crippen LogP contribution in [0.4, 0.5) is 0 Å². The molecule has 2 aliphatic rings. The van der Waals surface area contributed by atoms with E-state index in [0.717, 1.165) is 4.57 Å². The molecule has 0 saturated heterocycles. The summed E-state index contributed by atoms with van der Waals surface area (Å²) in [4.78, 5) is 95.8. The van der Waals surface area contributed by atoms with Crippen LogP contribution in [0.15, 0.2) is 58.6 Å². The quantitative estimate of drug-likeness (QED) is 0.0306. The van der Waals surface area contributed by atoms with Gasteiger partial charge in [-0.1, -0.05) is 12.1 Å². The molecule has 0 radical (unpaired) electrons. The van der Waals surface area contributed by atoms with E-state index in [0.29, 0.717) is 16.6 Å². The zero-order valence-corrected chi connectivity index (χ0v) is 36.3. The van der Waals surface area contributed by atoms with Crippen molar-refractivity contribution in [3.05, 3.63) is 80.9 Å². The molecule has 0 unspecified atom stereocenters. The number of hydrogen-bond donors (Lipinski definition) is 9. The summed E-state index contributed by atoms with van der Waals surface area (Å²) in [6.45, 7) is 1.75. The molecular weight excluding hydrogens is 902 g/mol. The van der Waals surface area contributed by atoms with Crippen LogP contribution in [0, 0.1) is 35.1 Å². The van der Waals surface area contributed by atoms with E-state index in [-0.39, 0.29) is 42.4 Å². The van der Waals surface area contributed by atoms with Crippen molar-refractivity contribution in [1.29, 1.82) is 5.26 Å². The monoisotopic (exact) mass is 948 g/mol. The molecule has 0 spiro atoms. The number of aliphatic hydroxyl groups excluding tert-OH is 4. The Labute approximate surface area is 368 Å². The van der Waals surface area contributed by atoms with Crippen LogP contribution in [0.1, 0.15) is 49.9 Å². The van der Waals surface area contributed by atoms with Crippen molar-refractivity contribution in [2.24, 2.45) is 17.6 Å². The smallest absolute Gasteiger partial charge is 0.365 e. The first kappa shape index (κ1) is 50.6. The van der Waals surface area contributed by atoms with Gasteiger partial charge in [0.15, 0.2) is 0 Å². The first-order chi connectivity index (χ1) is 30.7. The van der Waals surface area contributed by atoms with E-state index < -0.39 is 111 Å². The molecule has 6 rings (SSSR count). The van der Waals surface area contributed by atoms with Crippen molar-refractivity contribution in [2.75, 3.05) is 26.4 Å². The molecule has 4 aromatic rings. The number of esters is 2. The van der Waals surface area contributed by atoms with E-state index in [9.17, 15) is 73.6 Å². The minimum atomic E-state index is -5.01. The molecule has 350 valence electrons. The van der Waals surface area contributed by atoms with Gasteiger partial charge in [0.05, 0.1) is 90.7 Å². The van der Waals surface area contributed by atoms with Gasteiger partial charge < -0.3 is 64.7 Å². The van der Waals surface area contributed by atoms with Gasteiger partial charge in [-0.15, -0.1) is 0 Å². The van der Waals surface area contributed by atoms with Crippen LogP contribution >= 0.6 is 15.2 Å². The molecule has 2 heterocycles. The van der Waals surface area contributed by atoms with Crippen molar-refractivity contribution in [1.82, 2.24) is 19.1 Å². The van der Waals surface area contributed by atoms with E-state index in [1.54, 1.807) is 30.3 Å². The van der Waals surface area contributed by atoms with E-state index in [4.69, 9.17) is 15.2 Å². The number of carbonyl (C=O) groups is 2. The maximum atomic E-state index is 13.2. The molecule has 24 nitrogen and oxygen atoms in total. The van der Waals surface area contributed by atoms with Gasteiger partial charge in [-0.25, -0.2) is 19.6 Å². The topological polar surface area (TPSA) is 387 Å². The van der Waals surface area contributed by atoms with Crippen LogP contribution in [-0.4, -0.2) is 134 Å². The number of aliphatic hydroxyl groups is 4. The average molecular weight is 949 g/mol. The summed E-state index contributed by atoms with van der Waals surface area (Å²) >= 11 is 0. The summed E-state index contributed by atoms with van der Waals surface area (Å²) in [5.41, 5.74) is 5.35. The third kappa shape index (κ3) is 11.2. The van der Waals surface area contributed by atoms with Crippen molar-refractivity contribution in [3.8, 4) is 18.0 Å². The summed E-state index contributed by atoms with van der Waals surface area (Å²) in [7, 11) is -10.0. The van der Waals surface area contributed by atoms with Gasteiger partial charge in [0.25, 0.3) is 22.8 Å². The Balaban J connectivity index is 0.000000244. The van der Waals surface area contributed by atoms with Gasteiger partial charge in [-0.2, -0.15) is 5.26 Å². The number of rotatable bonds is 14. The third-order valence-electron chi connectivity index (χ3n) is 10.7. The normalized spacial score (nSPS) is 24.0. The summed E-state index contributed by atoms with van der Waals surface area (Å²) in [6, 6.07) is 11.8. The minimum absolute atomic E-state index is 0.0108. The molecule has 0 amide bonds. The largest absolute Gasteiger partial charge is 0.464 e. The van der Waals surface area contributed by atoms with Gasteiger partial charge in [-0.3, -0.25) is 27.9 Å². The lowest BCUT2D eigenvalue weighted by atomic mass is 10.1. The summed E-state index contributed by atoms with van der Waals surface area (Å²) in [5.74, 6) is -5.88. The number of nitrogens with two attached hydrogens (primary N) is 1. The zero-order chi connectivity index (χ0) is 48.0. The van der Waals surface area contributed by atoms with Crippen molar-refractivity contribution in [2.45, 2.75) is 74.9 Å². The number of nitrogens with zero attached hydrogens (tertiary/aromatic N) is 5. The average Bonchev–Trinajstić information content (AvgIpc) is 3.69.